The first-order valence-corrected chi connectivity index (χ1v) is 15.9. The van der Waals surface area contributed by atoms with E-state index in [2.05, 4.69) is 15.5 Å². The summed E-state index contributed by atoms with van der Waals surface area (Å²) in [5, 5.41) is 21.0. The van der Waals surface area contributed by atoms with Gasteiger partial charge in [0.1, 0.15) is 10.7 Å². The van der Waals surface area contributed by atoms with Crippen LogP contribution in [0.4, 0.5) is 0 Å². The number of carbonyl (C=O) groups is 1. The van der Waals surface area contributed by atoms with Crippen molar-refractivity contribution in [1.82, 2.24) is 25.3 Å². The van der Waals surface area contributed by atoms with Gasteiger partial charge in [0, 0.05) is 32.1 Å². The maximum absolute atomic E-state index is 14.1. The Bertz CT molecular complexity index is 1810. The fraction of sp³-hybridized carbons (Fsp3) is 0.226. The summed E-state index contributed by atoms with van der Waals surface area (Å²) in [7, 11) is 0. The van der Waals surface area contributed by atoms with Gasteiger partial charge < -0.3 is 5.32 Å². The second-order valence-electron chi connectivity index (χ2n) is 10.7. The Kier molecular flexibility index (Phi) is 7.27. The summed E-state index contributed by atoms with van der Waals surface area (Å²) in [6.45, 7) is 0. The van der Waals surface area contributed by atoms with Gasteiger partial charge in [-0.2, -0.15) is 5.10 Å². The van der Waals surface area contributed by atoms with Crippen LogP contribution in [0, 0.1) is 0 Å². The topological polar surface area (TPSA) is 72.7 Å². The summed E-state index contributed by atoms with van der Waals surface area (Å²) in [5.41, 5.74) is 3.71. The first-order chi connectivity index (χ1) is 20.3. The average molecular weight is 655 g/mol. The van der Waals surface area contributed by atoms with Crippen molar-refractivity contribution < 1.29 is 4.79 Å². The molecule has 11 heteroatoms. The molecule has 0 saturated heterocycles. The van der Waals surface area contributed by atoms with Gasteiger partial charge in [0.2, 0.25) is 0 Å². The fourth-order valence-corrected chi connectivity index (χ4v) is 7.17. The van der Waals surface area contributed by atoms with E-state index in [4.69, 9.17) is 51.5 Å². The van der Waals surface area contributed by atoms with Crippen molar-refractivity contribution in [2.75, 3.05) is 0 Å². The first-order valence-electron chi connectivity index (χ1n) is 13.6. The van der Waals surface area contributed by atoms with Crippen LogP contribution in [0.25, 0.3) is 27.6 Å². The molecule has 2 saturated carbocycles. The molecule has 7 rings (SSSR count). The number of amides is 1. The Morgan fingerprint density at radius 1 is 0.881 bits per heavy atom. The highest BCUT2D eigenvalue weighted by Crippen LogP contribution is 2.55. The van der Waals surface area contributed by atoms with Gasteiger partial charge >= 0.3 is 0 Å². The second kappa shape index (κ2) is 11.0. The minimum absolute atomic E-state index is 0.121. The molecular formula is C31H23Cl4N5OS. The number of nitrogens with zero attached hydrogens (tertiary/aromatic N) is 4. The molecule has 212 valence electrons. The first kappa shape index (κ1) is 27.9. The molecule has 2 fully saturated rings. The van der Waals surface area contributed by atoms with Crippen molar-refractivity contribution in [3.8, 4) is 27.6 Å². The van der Waals surface area contributed by atoms with Gasteiger partial charge in [0.05, 0.1) is 22.0 Å². The Morgan fingerprint density at radius 3 is 2.17 bits per heavy atom. The molecule has 0 radical (unpaired) electrons. The largest absolute Gasteiger partial charge is 0.349 e. The van der Waals surface area contributed by atoms with Gasteiger partial charge in [-0.15, -0.1) is 10.2 Å². The van der Waals surface area contributed by atoms with Gasteiger partial charge in [-0.05, 0) is 80.1 Å². The maximum Gasteiger partial charge on any atom is 0.256 e. The quantitative estimate of drug-likeness (QED) is 0.190. The number of rotatable bonds is 7. The third-order valence-corrected chi connectivity index (χ3v) is 10.2. The van der Waals surface area contributed by atoms with Crippen LogP contribution in [0.15, 0.2) is 66.7 Å². The molecule has 1 amide bonds. The van der Waals surface area contributed by atoms with Crippen molar-refractivity contribution in [1.29, 1.82) is 0 Å². The van der Waals surface area contributed by atoms with Crippen molar-refractivity contribution in [2.45, 2.75) is 43.6 Å². The zero-order chi connectivity index (χ0) is 29.0. The Morgan fingerprint density at radius 2 is 1.55 bits per heavy atom. The SMILES string of the molecule is O=C(NC1CCC1)c1c(-c2nnc(C3(c4ccc(Cl)cc4)CC3)s2)nn(-c2ccc(Cl)cc2Cl)c1-c1ccc(Cl)cc1. The van der Waals surface area contributed by atoms with E-state index in [9.17, 15) is 4.79 Å². The van der Waals surface area contributed by atoms with Crippen molar-refractivity contribution >= 4 is 63.6 Å². The van der Waals surface area contributed by atoms with Gasteiger partial charge in [0.25, 0.3) is 5.91 Å². The number of halogens is 4. The molecule has 1 N–H and O–H groups in total. The molecule has 0 atom stereocenters. The molecule has 2 aliphatic rings. The summed E-state index contributed by atoms with van der Waals surface area (Å²) >= 11 is 26.8. The maximum atomic E-state index is 14.1. The number of carbonyl (C=O) groups excluding carboxylic acids is 1. The van der Waals surface area contributed by atoms with Crippen LogP contribution in [0.3, 0.4) is 0 Å². The van der Waals surface area contributed by atoms with Crippen LogP contribution in [-0.2, 0) is 5.41 Å². The lowest BCUT2D eigenvalue weighted by atomic mass is 9.92. The molecule has 0 spiro atoms. The van der Waals surface area contributed by atoms with E-state index in [0.29, 0.717) is 47.7 Å². The van der Waals surface area contributed by atoms with Gasteiger partial charge in [-0.3, -0.25) is 4.79 Å². The molecule has 42 heavy (non-hydrogen) atoms. The Hall–Kier alpha value is -2.94. The highest BCUT2D eigenvalue weighted by molar-refractivity contribution is 7.14. The predicted octanol–water partition coefficient (Wildman–Crippen LogP) is 9.03. The molecule has 6 nitrogen and oxygen atoms in total. The van der Waals surface area contributed by atoms with Gasteiger partial charge in [-0.1, -0.05) is 82.0 Å². The molecule has 2 aliphatic carbocycles. The second-order valence-corrected chi connectivity index (χ2v) is 13.4. The van der Waals surface area contributed by atoms with Crippen LogP contribution in [0.2, 0.25) is 20.1 Å². The minimum Gasteiger partial charge on any atom is -0.349 e. The number of hydrogen-bond acceptors (Lipinski definition) is 5. The fourth-order valence-electron chi connectivity index (χ4n) is 5.33. The predicted molar refractivity (Wildman–Crippen MR) is 170 cm³/mol. The van der Waals surface area contributed by atoms with Crippen molar-refractivity contribution in [3.05, 3.63) is 103 Å². The van der Waals surface area contributed by atoms with Crippen LogP contribution in [0.5, 0.6) is 0 Å². The van der Waals surface area contributed by atoms with E-state index in [1.807, 2.05) is 36.4 Å². The average Bonchev–Trinajstić information content (AvgIpc) is 3.43. The van der Waals surface area contributed by atoms with Gasteiger partial charge in [0.15, 0.2) is 5.01 Å². The van der Waals surface area contributed by atoms with E-state index >= 15 is 0 Å². The smallest absolute Gasteiger partial charge is 0.256 e. The summed E-state index contributed by atoms with van der Waals surface area (Å²) in [6.07, 6.45) is 4.91. The minimum atomic E-state index is -0.216. The zero-order valence-corrected chi connectivity index (χ0v) is 25.9. The van der Waals surface area contributed by atoms with Crippen LogP contribution in [0.1, 0.15) is 53.0 Å². The summed E-state index contributed by atoms with van der Waals surface area (Å²) in [5.74, 6) is -0.216. The van der Waals surface area contributed by atoms with E-state index in [1.165, 1.54) is 11.3 Å². The lowest BCUT2D eigenvalue weighted by Crippen LogP contribution is -2.39. The van der Waals surface area contributed by atoms with E-state index < -0.39 is 0 Å². The molecular weight excluding hydrogens is 632 g/mol. The number of benzene rings is 3. The van der Waals surface area contributed by atoms with E-state index in [1.54, 1.807) is 35.0 Å². The van der Waals surface area contributed by atoms with Crippen LogP contribution < -0.4 is 5.32 Å². The molecule has 5 aromatic rings. The molecule has 2 heterocycles. The molecule has 0 bridgehead atoms. The van der Waals surface area contributed by atoms with Crippen LogP contribution >= 0.6 is 57.7 Å². The van der Waals surface area contributed by atoms with Crippen LogP contribution in [-0.4, -0.2) is 31.9 Å². The summed E-state index contributed by atoms with van der Waals surface area (Å²) < 4.78 is 1.69. The summed E-state index contributed by atoms with van der Waals surface area (Å²) in [4.78, 5) is 14.1. The lowest BCUT2D eigenvalue weighted by Gasteiger charge is -2.26. The molecule has 0 unspecified atom stereocenters. The van der Waals surface area contributed by atoms with Crippen molar-refractivity contribution in [2.24, 2.45) is 0 Å². The Balaban J connectivity index is 1.42. The van der Waals surface area contributed by atoms with Crippen molar-refractivity contribution in [3.63, 3.8) is 0 Å². The van der Waals surface area contributed by atoms with E-state index in [0.717, 1.165) is 48.2 Å². The monoisotopic (exact) mass is 653 g/mol. The zero-order valence-electron chi connectivity index (χ0n) is 22.1. The Labute approximate surface area is 266 Å². The normalized spacial score (nSPS) is 15.8. The number of aromatic nitrogens is 4. The van der Waals surface area contributed by atoms with E-state index in [-0.39, 0.29) is 17.4 Å². The standard InChI is InChI=1S/C31H23Cl4N5OS/c32-19-8-4-17(5-9-19)27-25(28(41)36-22-2-1-3-22)26(39-40(27)24-13-12-21(34)16-23(24)35)29-37-38-30(42-29)31(14-15-31)18-6-10-20(33)11-7-18/h4-13,16,22H,1-3,14-15H2,(H,36,41). The third kappa shape index (κ3) is 5.01. The molecule has 2 aromatic heterocycles. The number of hydrogen-bond donors (Lipinski definition) is 1. The summed E-state index contributed by atoms with van der Waals surface area (Å²) in [6, 6.07) is 20.5. The molecule has 3 aromatic carbocycles. The lowest BCUT2D eigenvalue weighted by molar-refractivity contribution is 0.0918. The highest BCUT2D eigenvalue weighted by Gasteiger charge is 2.49. The van der Waals surface area contributed by atoms with Gasteiger partial charge in [-0.25, -0.2) is 4.68 Å². The number of nitrogens with one attached hydrogen (secondary N) is 1. The third-order valence-electron chi connectivity index (χ3n) is 7.99. The molecule has 0 aliphatic heterocycles. The highest BCUT2D eigenvalue weighted by atomic mass is 35.5.